The third-order valence-electron chi connectivity index (χ3n) is 2.90. The lowest BCUT2D eigenvalue weighted by Gasteiger charge is -2.13. The number of nitro groups is 1. The van der Waals surface area contributed by atoms with Crippen molar-refractivity contribution in [3.05, 3.63) is 46.5 Å². The van der Waals surface area contributed by atoms with Gasteiger partial charge in [0.25, 0.3) is 17.5 Å². The number of carbonyl (C=O) groups is 2. The van der Waals surface area contributed by atoms with E-state index in [0.717, 1.165) is 4.90 Å². The number of imide groups is 1. The molecule has 1 heterocycles. The molecule has 8 nitrogen and oxygen atoms in total. The quantitative estimate of drug-likeness (QED) is 0.306. The van der Waals surface area contributed by atoms with Gasteiger partial charge in [-0.25, -0.2) is 0 Å². The number of benzene rings is 1. The molecule has 22 heavy (non-hydrogen) atoms. The van der Waals surface area contributed by atoms with Crippen molar-refractivity contribution in [2.24, 2.45) is 0 Å². The highest BCUT2D eigenvalue weighted by Crippen LogP contribution is 2.17. The standard InChI is InChI=1S/C14H14N2O6/c17-13-5-6-14(18)15(13)7-8-21-9-10-22-12-3-1-11(2-4-12)16(19)20/h1-6H,7-10H2. The SMILES string of the molecule is O=C1C=CC(=O)N1CCOCCOc1ccc([N+](=O)[O-])cc1. The van der Waals surface area contributed by atoms with Crippen LogP contribution in [0.2, 0.25) is 0 Å². The second-order valence-corrected chi connectivity index (χ2v) is 4.37. The van der Waals surface area contributed by atoms with Crippen LogP contribution in [0.25, 0.3) is 0 Å². The van der Waals surface area contributed by atoms with E-state index >= 15 is 0 Å². The van der Waals surface area contributed by atoms with E-state index in [1.165, 1.54) is 36.4 Å². The fourth-order valence-electron chi connectivity index (χ4n) is 1.79. The van der Waals surface area contributed by atoms with E-state index in [1.807, 2.05) is 0 Å². The van der Waals surface area contributed by atoms with Gasteiger partial charge in [-0.3, -0.25) is 24.6 Å². The van der Waals surface area contributed by atoms with Gasteiger partial charge < -0.3 is 9.47 Å². The Morgan fingerprint density at radius 3 is 2.23 bits per heavy atom. The van der Waals surface area contributed by atoms with Crippen LogP contribution in [0.4, 0.5) is 5.69 Å². The Bertz CT molecular complexity index is 578. The topological polar surface area (TPSA) is 99.0 Å². The Morgan fingerprint density at radius 1 is 1.00 bits per heavy atom. The molecule has 0 unspecified atom stereocenters. The van der Waals surface area contributed by atoms with E-state index in [0.29, 0.717) is 5.75 Å². The highest BCUT2D eigenvalue weighted by atomic mass is 16.6. The van der Waals surface area contributed by atoms with Crippen molar-refractivity contribution in [2.75, 3.05) is 26.4 Å². The lowest BCUT2D eigenvalue weighted by molar-refractivity contribution is -0.384. The Labute approximate surface area is 126 Å². The van der Waals surface area contributed by atoms with Gasteiger partial charge in [0.2, 0.25) is 0 Å². The van der Waals surface area contributed by atoms with E-state index in [-0.39, 0.29) is 43.9 Å². The van der Waals surface area contributed by atoms with Crippen molar-refractivity contribution in [1.29, 1.82) is 0 Å². The molecular formula is C14H14N2O6. The zero-order valence-electron chi connectivity index (χ0n) is 11.6. The summed E-state index contributed by atoms with van der Waals surface area (Å²) in [5, 5.41) is 10.5. The van der Waals surface area contributed by atoms with E-state index < -0.39 is 4.92 Å². The average Bonchev–Trinajstić information content (AvgIpc) is 2.82. The van der Waals surface area contributed by atoms with Gasteiger partial charge in [0.15, 0.2) is 0 Å². The van der Waals surface area contributed by atoms with E-state index in [1.54, 1.807) is 0 Å². The molecule has 1 aromatic carbocycles. The van der Waals surface area contributed by atoms with Gasteiger partial charge >= 0.3 is 0 Å². The Balaban J connectivity index is 1.60. The van der Waals surface area contributed by atoms with Crippen molar-refractivity contribution in [2.45, 2.75) is 0 Å². The van der Waals surface area contributed by atoms with Gasteiger partial charge in [-0.1, -0.05) is 0 Å². The van der Waals surface area contributed by atoms with Crippen molar-refractivity contribution < 1.29 is 24.0 Å². The van der Waals surface area contributed by atoms with Gasteiger partial charge in [-0.15, -0.1) is 0 Å². The van der Waals surface area contributed by atoms with Crippen LogP contribution >= 0.6 is 0 Å². The normalized spacial score (nSPS) is 13.7. The molecule has 0 saturated carbocycles. The minimum atomic E-state index is -0.483. The molecule has 1 aromatic rings. The number of non-ortho nitro benzene ring substituents is 1. The van der Waals surface area contributed by atoms with Gasteiger partial charge in [0, 0.05) is 24.3 Å². The van der Waals surface area contributed by atoms with Crippen LogP contribution < -0.4 is 4.74 Å². The van der Waals surface area contributed by atoms with Crippen LogP contribution in [0.3, 0.4) is 0 Å². The number of nitrogens with zero attached hydrogens (tertiary/aromatic N) is 2. The number of hydrogen-bond donors (Lipinski definition) is 0. The maximum atomic E-state index is 11.3. The van der Waals surface area contributed by atoms with Crippen LogP contribution in [-0.2, 0) is 14.3 Å². The number of amides is 2. The van der Waals surface area contributed by atoms with Crippen LogP contribution in [0.5, 0.6) is 5.75 Å². The molecule has 0 N–H and O–H groups in total. The first-order valence-electron chi connectivity index (χ1n) is 6.56. The molecule has 0 radical (unpaired) electrons. The molecule has 1 aliphatic rings. The summed E-state index contributed by atoms with van der Waals surface area (Å²) < 4.78 is 10.6. The first-order valence-corrected chi connectivity index (χ1v) is 6.56. The fraction of sp³-hybridized carbons (Fsp3) is 0.286. The number of carbonyl (C=O) groups excluding carboxylic acids is 2. The molecule has 0 atom stereocenters. The third-order valence-corrected chi connectivity index (χ3v) is 2.90. The molecule has 0 bridgehead atoms. The summed E-state index contributed by atoms with van der Waals surface area (Å²) in [4.78, 5) is 33.6. The summed E-state index contributed by atoms with van der Waals surface area (Å²) in [6.07, 6.45) is 2.44. The van der Waals surface area contributed by atoms with E-state index in [2.05, 4.69) is 0 Å². The van der Waals surface area contributed by atoms with Crippen LogP contribution in [-0.4, -0.2) is 48.0 Å². The van der Waals surface area contributed by atoms with Crippen molar-refractivity contribution in [3.63, 3.8) is 0 Å². The predicted molar refractivity (Wildman–Crippen MR) is 75.3 cm³/mol. The largest absolute Gasteiger partial charge is 0.491 e. The van der Waals surface area contributed by atoms with Crippen LogP contribution in [0, 0.1) is 10.1 Å². The second-order valence-electron chi connectivity index (χ2n) is 4.37. The molecule has 8 heteroatoms. The third kappa shape index (κ3) is 4.13. The molecule has 0 fully saturated rings. The Kier molecular flexibility index (Phi) is 5.21. The molecule has 1 aliphatic heterocycles. The van der Waals surface area contributed by atoms with E-state index in [4.69, 9.17) is 9.47 Å². The first-order chi connectivity index (χ1) is 10.6. The number of hydrogen-bond acceptors (Lipinski definition) is 6. The summed E-state index contributed by atoms with van der Waals surface area (Å²) in [6, 6.07) is 5.72. The Morgan fingerprint density at radius 2 is 1.64 bits per heavy atom. The lowest BCUT2D eigenvalue weighted by Crippen LogP contribution is -2.33. The highest BCUT2D eigenvalue weighted by molar-refractivity contribution is 6.12. The minimum Gasteiger partial charge on any atom is -0.491 e. The number of nitro benzene ring substituents is 1. The maximum absolute atomic E-state index is 11.3. The molecule has 0 spiro atoms. The summed E-state index contributed by atoms with van der Waals surface area (Å²) >= 11 is 0. The van der Waals surface area contributed by atoms with Gasteiger partial charge in [0.1, 0.15) is 12.4 Å². The zero-order valence-corrected chi connectivity index (χ0v) is 11.6. The van der Waals surface area contributed by atoms with Crippen molar-refractivity contribution >= 4 is 17.5 Å². The average molecular weight is 306 g/mol. The fourth-order valence-corrected chi connectivity index (χ4v) is 1.79. The molecule has 0 aromatic heterocycles. The first kappa shape index (κ1) is 15.6. The van der Waals surface area contributed by atoms with E-state index in [9.17, 15) is 19.7 Å². The molecule has 0 saturated heterocycles. The van der Waals surface area contributed by atoms with Crippen LogP contribution in [0.15, 0.2) is 36.4 Å². The van der Waals surface area contributed by atoms with Crippen molar-refractivity contribution in [3.8, 4) is 5.75 Å². The summed E-state index contributed by atoms with van der Waals surface area (Å²) in [7, 11) is 0. The van der Waals surface area contributed by atoms with Gasteiger partial charge in [-0.05, 0) is 12.1 Å². The van der Waals surface area contributed by atoms with Gasteiger partial charge in [-0.2, -0.15) is 0 Å². The highest BCUT2D eigenvalue weighted by Gasteiger charge is 2.22. The van der Waals surface area contributed by atoms with Gasteiger partial charge in [0.05, 0.1) is 24.7 Å². The molecule has 0 aliphatic carbocycles. The number of ether oxygens (including phenoxy) is 2. The zero-order chi connectivity index (χ0) is 15.9. The summed E-state index contributed by atoms with van der Waals surface area (Å²) in [6.45, 7) is 0.962. The maximum Gasteiger partial charge on any atom is 0.269 e. The summed E-state index contributed by atoms with van der Waals surface area (Å²) in [5.41, 5.74) is -0.00263. The molecule has 2 amide bonds. The predicted octanol–water partition coefficient (Wildman–Crippen LogP) is 0.915. The molecule has 116 valence electrons. The minimum absolute atomic E-state index is 0.00263. The summed E-state index contributed by atoms with van der Waals surface area (Å²) in [5.74, 6) is -0.172. The Hall–Kier alpha value is -2.74. The van der Waals surface area contributed by atoms with Crippen LogP contribution in [0.1, 0.15) is 0 Å². The smallest absolute Gasteiger partial charge is 0.269 e. The monoisotopic (exact) mass is 306 g/mol. The number of rotatable bonds is 8. The molecular weight excluding hydrogens is 292 g/mol. The molecule has 2 rings (SSSR count). The second kappa shape index (κ2) is 7.32. The van der Waals surface area contributed by atoms with Crippen molar-refractivity contribution in [1.82, 2.24) is 4.90 Å². The lowest BCUT2D eigenvalue weighted by atomic mass is 10.3.